The lowest BCUT2D eigenvalue weighted by molar-refractivity contribution is -0.149. The first-order valence-electron chi connectivity index (χ1n) is 6.16. The summed E-state index contributed by atoms with van der Waals surface area (Å²) in [4.78, 5) is 13.6. The zero-order chi connectivity index (χ0) is 13.8. The van der Waals surface area contributed by atoms with Crippen molar-refractivity contribution in [1.82, 2.24) is 4.90 Å². The number of hydrogen-bond acceptors (Lipinski definition) is 6. The molecule has 0 aromatic rings. The molecule has 0 aliphatic carbocycles. The summed E-state index contributed by atoms with van der Waals surface area (Å²) in [7, 11) is -2.94. The molecule has 2 N–H and O–H groups in total. The summed E-state index contributed by atoms with van der Waals surface area (Å²) < 4.78 is 27.8. The standard InChI is InChI=1S/C11H22N2O4S/c1-3-17-10(14)11(2,12)9-13-5-4-7-18(15,16)8-6-13/h3-9,12H2,1-2H3. The Labute approximate surface area is 108 Å². The van der Waals surface area contributed by atoms with Crippen molar-refractivity contribution in [2.75, 3.05) is 37.7 Å². The van der Waals surface area contributed by atoms with E-state index in [-0.39, 0.29) is 11.5 Å². The molecule has 1 unspecified atom stereocenters. The molecule has 6 nitrogen and oxygen atoms in total. The van der Waals surface area contributed by atoms with Crippen molar-refractivity contribution in [2.45, 2.75) is 25.8 Å². The van der Waals surface area contributed by atoms with Crippen LogP contribution in [-0.2, 0) is 19.4 Å². The summed E-state index contributed by atoms with van der Waals surface area (Å²) in [6.07, 6.45) is 0.585. The smallest absolute Gasteiger partial charge is 0.327 e. The van der Waals surface area contributed by atoms with E-state index in [2.05, 4.69) is 0 Å². The monoisotopic (exact) mass is 278 g/mol. The first kappa shape index (κ1) is 15.4. The zero-order valence-corrected chi connectivity index (χ0v) is 11.8. The summed E-state index contributed by atoms with van der Waals surface area (Å²) in [5, 5.41) is 0. The molecule has 1 heterocycles. The van der Waals surface area contributed by atoms with Gasteiger partial charge >= 0.3 is 5.97 Å². The molecule has 0 amide bonds. The molecule has 0 spiro atoms. The molecule has 1 fully saturated rings. The summed E-state index contributed by atoms with van der Waals surface area (Å²) in [5.41, 5.74) is 4.84. The van der Waals surface area contributed by atoms with Gasteiger partial charge in [0.2, 0.25) is 0 Å². The average Bonchev–Trinajstić information content (AvgIpc) is 2.40. The van der Waals surface area contributed by atoms with Crippen LogP contribution in [0.4, 0.5) is 0 Å². The van der Waals surface area contributed by atoms with Crippen molar-refractivity contribution >= 4 is 15.8 Å². The van der Waals surface area contributed by atoms with Gasteiger partial charge in [0, 0.05) is 13.1 Å². The van der Waals surface area contributed by atoms with Crippen LogP contribution in [0.5, 0.6) is 0 Å². The molecule has 1 aliphatic rings. The Hall–Kier alpha value is -0.660. The summed E-state index contributed by atoms with van der Waals surface area (Å²) >= 11 is 0. The first-order valence-corrected chi connectivity index (χ1v) is 7.98. The van der Waals surface area contributed by atoms with Gasteiger partial charge < -0.3 is 10.5 Å². The average molecular weight is 278 g/mol. The van der Waals surface area contributed by atoms with Crippen molar-refractivity contribution < 1.29 is 17.9 Å². The molecule has 0 bridgehead atoms. The first-order chi connectivity index (χ1) is 8.27. The van der Waals surface area contributed by atoms with E-state index in [1.54, 1.807) is 13.8 Å². The highest BCUT2D eigenvalue weighted by atomic mass is 32.2. The minimum absolute atomic E-state index is 0.131. The third-order valence-corrected chi connectivity index (χ3v) is 4.66. The molecule has 106 valence electrons. The van der Waals surface area contributed by atoms with Gasteiger partial charge in [-0.15, -0.1) is 0 Å². The fourth-order valence-electron chi connectivity index (χ4n) is 1.97. The minimum Gasteiger partial charge on any atom is -0.465 e. The topological polar surface area (TPSA) is 89.7 Å². The minimum atomic E-state index is -2.94. The van der Waals surface area contributed by atoms with Gasteiger partial charge in [0.05, 0.1) is 18.1 Å². The van der Waals surface area contributed by atoms with Crippen LogP contribution in [-0.4, -0.2) is 62.6 Å². The van der Waals surface area contributed by atoms with Gasteiger partial charge in [-0.2, -0.15) is 0 Å². The van der Waals surface area contributed by atoms with Gasteiger partial charge in [0.1, 0.15) is 5.54 Å². The molecule has 0 aromatic heterocycles. The van der Waals surface area contributed by atoms with E-state index in [0.29, 0.717) is 32.7 Å². The predicted molar refractivity (Wildman–Crippen MR) is 68.9 cm³/mol. The van der Waals surface area contributed by atoms with Gasteiger partial charge in [-0.3, -0.25) is 9.69 Å². The van der Waals surface area contributed by atoms with Crippen LogP contribution in [0.1, 0.15) is 20.3 Å². The molecule has 1 atom stereocenters. The number of nitrogens with zero attached hydrogens (tertiary/aromatic N) is 1. The molecule has 1 saturated heterocycles. The van der Waals surface area contributed by atoms with E-state index in [9.17, 15) is 13.2 Å². The highest BCUT2D eigenvalue weighted by Crippen LogP contribution is 2.10. The molecule has 7 heteroatoms. The van der Waals surface area contributed by atoms with Gasteiger partial charge in [0.15, 0.2) is 9.84 Å². The third-order valence-electron chi connectivity index (χ3n) is 2.94. The second-order valence-electron chi connectivity index (χ2n) is 4.92. The van der Waals surface area contributed by atoms with Crippen LogP contribution in [0.3, 0.4) is 0 Å². The normalized spacial score (nSPS) is 23.9. The number of carbonyl (C=O) groups is 1. The van der Waals surface area contributed by atoms with Gasteiger partial charge in [-0.25, -0.2) is 8.42 Å². The van der Waals surface area contributed by atoms with Crippen LogP contribution in [0.2, 0.25) is 0 Å². The number of rotatable bonds is 4. The molecule has 0 aromatic carbocycles. The lowest BCUT2D eigenvalue weighted by Crippen LogP contribution is -2.55. The number of esters is 1. The maximum Gasteiger partial charge on any atom is 0.327 e. The van der Waals surface area contributed by atoms with Crippen LogP contribution in [0.25, 0.3) is 0 Å². The molecule has 1 rings (SSSR count). The van der Waals surface area contributed by atoms with E-state index in [1.165, 1.54) is 0 Å². The highest BCUT2D eigenvalue weighted by Gasteiger charge is 2.33. The van der Waals surface area contributed by atoms with E-state index in [0.717, 1.165) is 0 Å². The van der Waals surface area contributed by atoms with Crippen molar-refractivity contribution in [3.05, 3.63) is 0 Å². The molecule has 0 radical (unpaired) electrons. The Bertz CT molecular complexity index is 392. The third kappa shape index (κ3) is 4.55. The maximum atomic E-state index is 11.7. The van der Waals surface area contributed by atoms with Crippen LogP contribution < -0.4 is 5.73 Å². The predicted octanol–water partition coefficient (Wildman–Crippen LogP) is -0.613. The highest BCUT2D eigenvalue weighted by molar-refractivity contribution is 7.91. The fraction of sp³-hybridized carbons (Fsp3) is 0.909. The number of carbonyl (C=O) groups excluding carboxylic acids is 1. The summed E-state index contributed by atoms with van der Waals surface area (Å²) in [6, 6.07) is 0. The summed E-state index contributed by atoms with van der Waals surface area (Å²) in [5.74, 6) is -0.104. The number of nitrogens with two attached hydrogens (primary N) is 1. The van der Waals surface area contributed by atoms with Crippen molar-refractivity contribution in [3.63, 3.8) is 0 Å². The lowest BCUT2D eigenvalue weighted by Gasteiger charge is -2.29. The maximum absolute atomic E-state index is 11.7. The molecular formula is C11H22N2O4S. The second-order valence-corrected chi connectivity index (χ2v) is 7.22. The van der Waals surface area contributed by atoms with E-state index in [4.69, 9.17) is 10.5 Å². The van der Waals surface area contributed by atoms with Gasteiger partial charge in [-0.05, 0) is 26.8 Å². The number of hydrogen-bond donors (Lipinski definition) is 1. The summed E-state index contributed by atoms with van der Waals surface area (Å²) in [6.45, 7) is 5.03. The van der Waals surface area contributed by atoms with E-state index in [1.807, 2.05) is 4.90 Å². The van der Waals surface area contributed by atoms with Crippen molar-refractivity contribution in [3.8, 4) is 0 Å². The fourth-order valence-corrected chi connectivity index (χ4v) is 3.28. The SMILES string of the molecule is CCOC(=O)C(C)(N)CN1CCCS(=O)(=O)CC1. The van der Waals surface area contributed by atoms with Crippen LogP contribution in [0.15, 0.2) is 0 Å². The van der Waals surface area contributed by atoms with Gasteiger partial charge in [0.25, 0.3) is 0 Å². The molecular weight excluding hydrogens is 256 g/mol. The number of sulfone groups is 1. The zero-order valence-electron chi connectivity index (χ0n) is 11.0. The molecule has 0 saturated carbocycles. The Morgan fingerprint density at radius 2 is 2.06 bits per heavy atom. The molecule has 18 heavy (non-hydrogen) atoms. The second kappa shape index (κ2) is 5.99. The molecule has 1 aliphatic heterocycles. The Kier molecular flexibility index (Phi) is 5.12. The largest absolute Gasteiger partial charge is 0.465 e. The van der Waals surface area contributed by atoms with Crippen molar-refractivity contribution in [1.29, 1.82) is 0 Å². The van der Waals surface area contributed by atoms with E-state index < -0.39 is 21.3 Å². The van der Waals surface area contributed by atoms with Crippen molar-refractivity contribution in [2.24, 2.45) is 5.73 Å². The van der Waals surface area contributed by atoms with Gasteiger partial charge in [-0.1, -0.05) is 0 Å². The Balaban J connectivity index is 2.59. The quantitative estimate of drug-likeness (QED) is 0.690. The Morgan fingerprint density at radius 3 is 2.67 bits per heavy atom. The van der Waals surface area contributed by atoms with Crippen LogP contribution in [0, 0.1) is 0 Å². The number of ether oxygens (including phenoxy) is 1. The lowest BCUT2D eigenvalue weighted by atomic mass is 10.0. The Morgan fingerprint density at radius 1 is 1.39 bits per heavy atom. The van der Waals surface area contributed by atoms with E-state index >= 15 is 0 Å². The van der Waals surface area contributed by atoms with Crippen LogP contribution >= 0.6 is 0 Å².